The number of anilines is 1. The molecule has 2 heterocycles. The molecule has 0 fully saturated rings. The van der Waals surface area contributed by atoms with E-state index < -0.39 is 117 Å². The third kappa shape index (κ3) is 15.0. The first-order valence-corrected chi connectivity index (χ1v) is 20.3. The maximum atomic E-state index is 13.5. The van der Waals surface area contributed by atoms with Crippen molar-refractivity contribution >= 4 is 75.8 Å². The predicted octanol–water partition coefficient (Wildman–Crippen LogP) is -12.6. The van der Waals surface area contributed by atoms with Crippen molar-refractivity contribution in [2.24, 2.45) is 5.10 Å². The van der Waals surface area contributed by atoms with Gasteiger partial charge < -0.3 is 27.7 Å². The number of H-pyrrole nitrogens is 1. The van der Waals surface area contributed by atoms with Crippen LogP contribution in [0.3, 0.4) is 0 Å². The summed E-state index contributed by atoms with van der Waals surface area (Å²) in [6.45, 7) is 2.29. The summed E-state index contributed by atoms with van der Waals surface area (Å²) in [7, 11) is -21.4. The average molecular weight is 999 g/mol. The summed E-state index contributed by atoms with van der Waals surface area (Å²) in [4.78, 5) is 47.9. The van der Waals surface area contributed by atoms with Gasteiger partial charge in [-0.3, -0.25) is 14.7 Å². The van der Waals surface area contributed by atoms with Gasteiger partial charge in [0.05, 0.1) is 55.3 Å². The van der Waals surface area contributed by atoms with Gasteiger partial charge in [0.25, 0.3) is 11.5 Å². The van der Waals surface area contributed by atoms with Crippen LogP contribution in [0, 0.1) is 0 Å². The minimum atomic E-state index is -5.44. The van der Waals surface area contributed by atoms with Crippen molar-refractivity contribution in [1.29, 1.82) is 0 Å². The number of rotatable bonds is 13. The number of aromatic nitrogens is 2. The second-order valence-electron chi connectivity index (χ2n) is 10.4. The number of esters is 2. The molecule has 0 unspecified atom stereocenters. The van der Waals surface area contributed by atoms with Gasteiger partial charge in [-0.05, 0) is 62.4 Å². The molecule has 0 saturated carbocycles. The number of nitrogens with one attached hydrogen (secondary N) is 1. The van der Waals surface area contributed by atoms with Crippen LogP contribution < -0.4 is 216 Å². The van der Waals surface area contributed by atoms with Crippen LogP contribution in [0.15, 0.2) is 95.8 Å². The van der Waals surface area contributed by atoms with Crippen molar-refractivity contribution in [3.05, 3.63) is 87.9 Å². The molecule has 59 heavy (non-hydrogen) atoms. The Morgan fingerprint density at radius 3 is 1.64 bits per heavy atom. The van der Waals surface area contributed by atoms with Gasteiger partial charge in [-0.1, -0.05) is 18.2 Å². The summed E-state index contributed by atoms with van der Waals surface area (Å²) in [5.74, 6) is -3.75. The normalized spacial score (nSPS) is 13.9. The minimum Gasteiger partial charge on any atom is -0.744 e. The molecule has 0 bridgehead atoms. The van der Waals surface area contributed by atoms with Crippen molar-refractivity contribution in [2.75, 3.05) is 18.2 Å². The Morgan fingerprint density at radius 1 is 0.695 bits per heavy atom. The quantitative estimate of drug-likeness (QED) is 0.0546. The fourth-order valence-corrected chi connectivity index (χ4v) is 6.91. The first-order chi connectivity index (χ1) is 25.4. The Bertz CT molecular complexity index is 2780. The number of amides is 1. The zero-order valence-electron chi connectivity index (χ0n) is 31.6. The van der Waals surface area contributed by atoms with E-state index >= 15 is 0 Å². The Morgan fingerprint density at radius 2 is 1.17 bits per heavy atom. The summed E-state index contributed by atoms with van der Waals surface area (Å²) in [6.07, 6.45) is 4.99. The Labute approximate surface area is 506 Å². The largest absolute Gasteiger partial charge is 1.00 e. The van der Waals surface area contributed by atoms with E-state index in [2.05, 4.69) is 10.2 Å². The smallest absolute Gasteiger partial charge is 0.744 e. The molecule has 294 valence electrons. The molecule has 1 amide bonds. The van der Waals surface area contributed by atoms with E-state index in [1.807, 2.05) is 0 Å². The molecule has 0 spiro atoms. The second-order valence-corrected chi connectivity index (χ2v) is 15.9. The van der Waals surface area contributed by atoms with Gasteiger partial charge in [-0.15, -0.1) is 0 Å². The molecule has 0 saturated heterocycles. The molecule has 2 aromatic carbocycles. The number of nitrogens with zero attached hydrogens (tertiary/aromatic N) is 3. The van der Waals surface area contributed by atoms with Gasteiger partial charge in [0.15, 0.2) is 11.4 Å². The summed E-state index contributed by atoms with van der Waals surface area (Å²) >= 11 is 0. The summed E-state index contributed by atoms with van der Waals surface area (Å²) in [6, 6.07) is 2.73. The van der Waals surface area contributed by atoms with Crippen LogP contribution in [0.5, 0.6) is 0 Å². The van der Waals surface area contributed by atoms with E-state index in [-0.39, 0.29) is 224 Å². The minimum absolute atomic E-state index is 0. The SMILES string of the molecule is CCOC(=O)C1=NN(c2cc(S(=O)(=O)[O-])ccc2S(=O)(=O)[O-])C(=O)C1=CC=CC=Cc1c(C(=O)OCC)[nH]n(-c2cc(S(=O)(=O)[O-])ccc2S(=O)(=O)[O-])c1=O.[K+].[K+].[K+].[K+]. The van der Waals surface area contributed by atoms with E-state index in [1.54, 1.807) is 0 Å². The molecular formula is C29H22K4N4O18S4. The van der Waals surface area contributed by atoms with Crippen LogP contribution in [-0.2, 0) is 59.5 Å². The van der Waals surface area contributed by atoms with Crippen molar-refractivity contribution in [2.45, 2.75) is 33.4 Å². The number of ether oxygens (including phenoxy) is 2. The van der Waals surface area contributed by atoms with Crippen LogP contribution in [0.4, 0.5) is 5.69 Å². The van der Waals surface area contributed by atoms with Crippen LogP contribution >= 0.6 is 0 Å². The third-order valence-electron chi connectivity index (χ3n) is 6.95. The molecule has 1 N–H and O–H groups in total. The van der Waals surface area contributed by atoms with Crippen molar-refractivity contribution in [1.82, 2.24) is 9.78 Å². The van der Waals surface area contributed by atoms with Crippen LogP contribution in [0.25, 0.3) is 11.8 Å². The van der Waals surface area contributed by atoms with Crippen molar-refractivity contribution < 1.29 is 281 Å². The predicted molar refractivity (Wildman–Crippen MR) is 178 cm³/mol. The van der Waals surface area contributed by atoms with E-state index in [0.717, 1.165) is 30.4 Å². The molecule has 1 aromatic heterocycles. The van der Waals surface area contributed by atoms with Gasteiger partial charge in [0, 0.05) is 0 Å². The molecule has 0 atom stereocenters. The maximum Gasteiger partial charge on any atom is 1.00 e. The van der Waals surface area contributed by atoms with Crippen LogP contribution in [0.2, 0.25) is 0 Å². The van der Waals surface area contributed by atoms with Gasteiger partial charge in [-0.25, -0.2) is 47.9 Å². The fraction of sp³-hybridized carbons (Fsp3) is 0.138. The van der Waals surface area contributed by atoms with Gasteiger partial charge in [0.1, 0.15) is 40.5 Å². The molecule has 22 nitrogen and oxygen atoms in total. The van der Waals surface area contributed by atoms with Crippen molar-refractivity contribution in [3.8, 4) is 5.69 Å². The first kappa shape index (κ1) is 59.9. The van der Waals surface area contributed by atoms with Crippen LogP contribution in [-0.4, -0.2) is 98.4 Å². The van der Waals surface area contributed by atoms with E-state index in [9.17, 15) is 71.1 Å². The molecular weight excluding hydrogens is 977 g/mol. The van der Waals surface area contributed by atoms with Gasteiger partial charge in [0.2, 0.25) is 0 Å². The molecule has 0 radical (unpaired) electrons. The van der Waals surface area contributed by atoms with E-state index in [4.69, 9.17) is 9.47 Å². The average Bonchev–Trinajstić information content (AvgIpc) is 3.58. The number of hydrogen-bond donors (Lipinski definition) is 1. The molecule has 1 aliphatic heterocycles. The number of carbonyl (C=O) groups is 3. The fourth-order valence-electron chi connectivity index (χ4n) is 4.65. The Balaban J connectivity index is 0.00000841. The third-order valence-corrected chi connectivity index (χ3v) is 10.4. The summed E-state index contributed by atoms with van der Waals surface area (Å²) in [5.41, 5.74) is -5.81. The first-order valence-electron chi connectivity index (χ1n) is 14.7. The van der Waals surface area contributed by atoms with E-state index in [1.165, 1.54) is 13.8 Å². The van der Waals surface area contributed by atoms with E-state index in [0.29, 0.717) is 41.1 Å². The monoisotopic (exact) mass is 998 g/mol. The molecule has 0 aliphatic carbocycles. The van der Waals surface area contributed by atoms with Crippen molar-refractivity contribution in [3.63, 3.8) is 0 Å². The Hall–Kier alpha value is 0.935. The van der Waals surface area contributed by atoms with Gasteiger partial charge in [-0.2, -0.15) is 10.1 Å². The second kappa shape index (κ2) is 24.5. The number of allylic oxidation sites excluding steroid dienone is 4. The van der Waals surface area contributed by atoms with Gasteiger partial charge >= 0.3 is 217 Å². The standard InChI is InChI=1S/C29H26N4O18S4.4K/c1-3-50-28(36)24-18(26(34)32(30-24)20-14-16(52(38,39)40)10-12-22(20)54(44,45)46)8-6-5-7-9-19-25(29(37)51-4-2)31-33(27(19)35)21-15-17(53(41,42)43)11-13-23(21)55(47,48)49;;;;/h5-15,30H,3-4H2,1-2H3,(H,38,39,40)(H,41,42,43)(H,44,45,46)(H,47,48,49);;;;/q;4*+1/p-4. The summed E-state index contributed by atoms with van der Waals surface area (Å²) in [5, 5.41) is 6.10. The maximum absolute atomic E-state index is 13.5. The zero-order chi connectivity index (χ0) is 41.3. The number of hydrogen-bond acceptors (Lipinski definition) is 19. The number of benzene rings is 2. The molecule has 4 rings (SSSR count). The zero-order valence-corrected chi connectivity index (χ0v) is 47.3. The number of aromatic amines is 1. The number of hydrazone groups is 1. The summed E-state index contributed by atoms with van der Waals surface area (Å²) < 4.78 is 151. The number of carbonyl (C=O) groups excluding carboxylic acids is 3. The molecule has 3 aromatic rings. The van der Waals surface area contributed by atoms with Crippen LogP contribution in [0.1, 0.15) is 29.9 Å². The topological polar surface area (TPSA) is 352 Å². The molecule has 30 heteroatoms. The Kier molecular flexibility index (Phi) is 24.8. The molecule has 1 aliphatic rings.